The largest absolute Gasteiger partial charge is 0.481 e. The molecule has 0 aliphatic heterocycles. The quantitative estimate of drug-likeness (QED) is 0.496. The molecule has 0 saturated heterocycles. The third-order valence-electron chi connectivity index (χ3n) is 7.25. The van der Waals surface area contributed by atoms with Crippen molar-refractivity contribution >= 4 is 5.97 Å². The third kappa shape index (κ3) is 4.01. The summed E-state index contributed by atoms with van der Waals surface area (Å²) in [4.78, 5) is 10.8. The predicted molar refractivity (Wildman–Crippen MR) is 106 cm³/mol. The van der Waals surface area contributed by atoms with Gasteiger partial charge in [0, 0.05) is 19.4 Å². The number of aliphatic hydroxyl groups excluding tert-OH is 2. The molecule has 0 aromatic heterocycles. The molecule has 3 aliphatic rings. The topological polar surface area (TPSA) is 87.0 Å². The van der Waals surface area contributed by atoms with Gasteiger partial charge < -0.3 is 20.1 Å². The highest BCUT2D eigenvalue weighted by Crippen LogP contribution is 2.60. The van der Waals surface area contributed by atoms with Crippen molar-refractivity contribution < 1.29 is 24.9 Å². The van der Waals surface area contributed by atoms with Gasteiger partial charge in [0.1, 0.15) is 6.10 Å². The van der Waals surface area contributed by atoms with Crippen LogP contribution in [0.1, 0.15) is 64.7 Å². The fraction of sp³-hybridized carbons (Fsp3) is 0.783. The minimum Gasteiger partial charge on any atom is -0.481 e. The molecule has 3 saturated carbocycles. The van der Waals surface area contributed by atoms with Gasteiger partial charge in [-0.3, -0.25) is 4.79 Å². The van der Waals surface area contributed by atoms with Gasteiger partial charge in [0.2, 0.25) is 0 Å². The van der Waals surface area contributed by atoms with Crippen molar-refractivity contribution in [3.8, 4) is 11.8 Å². The Balaban J connectivity index is 1.76. The maximum absolute atomic E-state index is 10.8. The number of methoxy groups -OCH3 is 1. The van der Waals surface area contributed by atoms with Crippen molar-refractivity contribution in [2.45, 2.75) is 82.5 Å². The summed E-state index contributed by atoms with van der Waals surface area (Å²) in [7, 11) is 1.70. The van der Waals surface area contributed by atoms with E-state index < -0.39 is 23.8 Å². The maximum Gasteiger partial charge on any atom is 0.303 e. The van der Waals surface area contributed by atoms with Gasteiger partial charge in [-0.05, 0) is 49.5 Å². The van der Waals surface area contributed by atoms with Crippen LogP contribution in [0.2, 0.25) is 0 Å². The molecule has 2 unspecified atom stereocenters. The molecule has 3 aliphatic carbocycles. The van der Waals surface area contributed by atoms with Gasteiger partial charge in [0.25, 0.3) is 0 Å². The van der Waals surface area contributed by atoms with Gasteiger partial charge >= 0.3 is 5.97 Å². The number of carboxylic acid groups (broad SMARTS) is 1. The molecule has 0 spiro atoms. The van der Waals surface area contributed by atoms with Gasteiger partial charge in [0.15, 0.2) is 0 Å². The molecule has 0 amide bonds. The molecule has 28 heavy (non-hydrogen) atoms. The Hall–Kier alpha value is -1.35. The monoisotopic (exact) mass is 390 g/mol. The number of aliphatic hydroxyl groups is 2. The molecule has 5 nitrogen and oxygen atoms in total. The number of ether oxygens (including phenoxy) is 1. The average Bonchev–Trinajstić information content (AvgIpc) is 2.70. The van der Waals surface area contributed by atoms with Crippen molar-refractivity contribution in [1.82, 2.24) is 0 Å². The normalized spacial score (nSPS) is 38.1. The van der Waals surface area contributed by atoms with Crippen molar-refractivity contribution in [2.24, 2.45) is 23.7 Å². The minimum absolute atomic E-state index is 0.0726. The number of hydrogen-bond acceptors (Lipinski definition) is 4. The molecule has 0 aromatic rings. The second-order valence-electron chi connectivity index (χ2n) is 8.76. The maximum atomic E-state index is 10.8. The summed E-state index contributed by atoms with van der Waals surface area (Å²) < 4.78 is 5.96. The van der Waals surface area contributed by atoms with E-state index in [2.05, 4.69) is 18.8 Å². The fourth-order valence-electron chi connectivity index (χ4n) is 5.77. The van der Waals surface area contributed by atoms with Crippen LogP contribution in [0.5, 0.6) is 0 Å². The van der Waals surface area contributed by atoms with Crippen LogP contribution in [0.15, 0.2) is 11.6 Å². The number of carbonyl (C=O) groups is 1. The minimum atomic E-state index is -0.800. The van der Waals surface area contributed by atoms with E-state index in [9.17, 15) is 15.0 Å². The first-order valence-electron chi connectivity index (χ1n) is 10.8. The van der Waals surface area contributed by atoms with Crippen LogP contribution in [-0.2, 0) is 9.53 Å². The van der Waals surface area contributed by atoms with Crippen LogP contribution in [0.3, 0.4) is 0 Å². The molecule has 3 rings (SSSR count). The first kappa shape index (κ1) is 21.4. The SMILES string of the molecule is CO[C@]12CC[C@@H](O)[C@H](C#CC(O)C3CCCCC3)[C@H]1C(C)/C2=C\CCC(=O)O. The molecule has 0 aromatic carbocycles. The van der Waals surface area contributed by atoms with E-state index in [0.717, 1.165) is 37.7 Å². The Bertz CT molecular complexity index is 654. The van der Waals surface area contributed by atoms with Gasteiger partial charge in [-0.25, -0.2) is 0 Å². The van der Waals surface area contributed by atoms with E-state index in [-0.39, 0.29) is 30.1 Å². The number of fused-ring (bicyclic) bond motifs is 1. The van der Waals surface area contributed by atoms with E-state index in [1.807, 2.05) is 6.08 Å². The van der Waals surface area contributed by atoms with Crippen LogP contribution >= 0.6 is 0 Å². The van der Waals surface area contributed by atoms with Crippen molar-refractivity contribution in [1.29, 1.82) is 0 Å². The van der Waals surface area contributed by atoms with Gasteiger partial charge in [-0.2, -0.15) is 0 Å². The van der Waals surface area contributed by atoms with Crippen LogP contribution in [0.4, 0.5) is 0 Å². The first-order chi connectivity index (χ1) is 13.4. The molecule has 156 valence electrons. The number of rotatable bonds is 5. The molecule has 6 atom stereocenters. The Morgan fingerprint density at radius 3 is 2.68 bits per heavy atom. The summed E-state index contributed by atoms with van der Waals surface area (Å²) in [5.74, 6) is 5.79. The van der Waals surface area contributed by atoms with Crippen molar-refractivity contribution in [3.05, 3.63) is 11.6 Å². The average molecular weight is 391 g/mol. The van der Waals surface area contributed by atoms with Crippen molar-refractivity contribution in [3.63, 3.8) is 0 Å². The van der Waals surface area contributed by atoms with Crippen LogP contribution < -0.4 is 0 Å². The highest BCUT2D eigenvalue weighted by Gasteiger charge is 2.62. The summed E-state index contributed by atoms with van der Waals surface area (Å²) in [6.45, 7) is 2.11. The molecular weight excluding hydrogens is 356 g/mol. The summed E-state index contributed by atoms with van der Waals surface area (Å²) in [6, 6.07) is 0. The highest BCUT2D eigenvalue weighted by atomic mass is 16.5. The lowest BCUT2D eigenvalue weighted by Crippen LogP contribution is -2.64. The highest BCUT2D eigenvalue weighted by molar-refractivity contribution is 5.66. The van der Waals surface area contributed by atoms with Crippen molar-refractivity contribution in [2.75, 3.05) is 7.11 Å². The summed E-state index contributed by atoms with van der Waals surface area (Å²) in [6.07, 6.45) is 8.43. The van der Waals surface area contributed by atoms with E-state index in [4.69, 9.17) is 9.84 Å². The molecule has 5 heteroatoms. The third-order valence-corrected chi connectivity index (χ3v) is 7.25. The number of hydrogen-bond donors (Lipinski definition) is 3. The Morgan fingerprint density at radius 2 is 2.04 bits per heavy atom. The summed E-state index contributed by atoms with van der Waals surface area (Å²) >= 11 is 0. The lowest BCUT2D eigenvalue weighted by atomic mass is 9.48. The second kappa shape index (κ2) is 8.98. The zero-order valence-electron chi connectivity index (χ0n) is 17.1. The molecule has 0 heterocycles. The molecule has 3 fully saturated rings. The molecule has 0 radical (unpaired) electrons. The van der Waals surface area contributed by atoms with E-state index in [1.165, 1.54) is 6.42 Å². The van der Waals surface area contributed by atoms with Gasteiger partial charge in [-0.15, -0.1) is 0 Å². The lowest BCUT2D eigenvalue weighted by Gasteiger charge is -2.61. The first-order valence-corrected chi connectivity index (χ1v) is 10.8. The smallest absolute Gasteiger partial charge is 0.303 e. The zero-order valence-corrected chi connectivity index (χ0v) is 17.1. The van der Waals surface area contributed by atoms with Crippen LogP contribution in [-0.4, -0.2) is 46.2 Å². The summed E-state index contributed by atoms with van der Waals surface area (Å²) in [5, 5.41) is 30.1. The van der Waals surface area contributed by atoms with E-state index in [0.29, 0.717) is 12.8 Å². The molecule has 3 N–H and O–H groups in total. The Labute approximate surface area is 168 Å². The number of carboxylic acids is 1. The standard InChI is InChI=1S/C23H34O5/c1-15-18(9-6-10-21(26)27)23(28-2)14-13-20(25)17(22(15)23)11-12-19(24)16-7-4-3-5-8-16/h9,15-17,19-20,22,24-25H,3-8,10,13-14H2,1-2H3,(H,26,27)/b18-9+/t15?,17-,19?,20+,22+,23-/m0/s1. The molecular formula is C23H34O5. The molecule has 0 bridgehead atoms. The zero-order chi connectivity index (χ0) is 20.3. The predicted octanol–water partition coefficient (Wildman–Crippen LogP) is 3.14. The Kier molecular flexibility index (Phi) is 6.85. The van der Waals surface area contributed by atoms with Gasteiger partial charge in [-0.1, -0.05) is 44.1 Å². The fourth-order valence-corrected chi connectivity index (χ4v) is 5.77. The van der Waals surface area contributed by atoms with Gasteiger partial charge in [0.05, 0.1) is 17.6 Å². The van der Waals surface area contributed by atoms with E-state index >= 15 is 0 Å². The second-order valence-corrected chi connectivity index (χ2v) is 8.76. The lowest BCUT2D eigenvalue weighted by molar-refractivity contribution is -0.162. The Morgan fingerprint density at radius 1 is 1.32 bits per heavy atom. The number of aliphatic carboxylic acids is 1. The van der Waals surface area contributed by atoms with E-state index in [1.54, 1.807) is 7.11 Å². The van der Waals surface area contributed by atoms with Crippen LogP contribution in [0, 0.1) is 35.5 Å². The number of allylic oxidation sites excluding steroid dienone is 1. The van der Waals surface area contributed by atoms with Crippen LogP contribution in [0.25, 0.3) is 0 Å². The summed E-state index contributed by atoms with van der Waals surface area (Å²) in [5.41, 5.74) is 0.694.